The molecule has 0 rings (SSSR count). The highest BCUT2D eigenvalue weighted by molar-refractivity contribution is 5.76. The van der Waals surface area contributed by atoms with Crippen LogP contribution in [0, 0.1) is 0 Å². The second-order valence-corrected chi connectivity index (χ2v) is 3.86. The number of esters is 1. The molecule has 0 saturated heterocycles. The van der Waals surface area contributed by atoms with Crippen molar-refractivity contribution in [1.82, 2.24) is 0 Å². The van der Waals surface area contributed by atoms with Crippen LogP contribution in [0.5, 0.6) is 0 Å². The maximum atomic E-state index is 12.3. The highest BCUT2D eigenvalue weighted by Gasteiger charge is 2.22. The molecule has 0 aliphatic rings. The van der Waals surface area contributed by atoms with E-state index in [1.54, 1.807) is 20.8 Å². The van der Waals surface area contributed by atoms with Gasteiger partial charge in [0.2, 0.25) is 0 Å². The molecule has 0 aliphatic carbocycles. The van der Waals surface area contributed by atoms with E-state index in [-0.39, 0.29) is 6.42 Å². The number of carbonyl (C=O) groups is 1. The summed E-state index contributed by atoms with van der Waals surface area (Å²) in [6.45, 7) is 8.19. The van der Waals surface area contributed by atoms with Crippen molar-refractivity contribution < 1.29 is 13.9 Å². The Morgan fingerprint density at radius 1 is 1.62 bits per heavy atom. The summed E-state index contributed by atoms with van der Waals surface area (Å²) >= 11 is 0. The summed E-state index contributed by atoms with van der Waals surface area (Å²) in [4.78, 5) is 11.1. The molecular weight excluding hydrogens is 173 g/mol. The van der Waals surface area contributed by atoms with Crippen LogP contribution < -0.4 is 5.73 Å². The molecule has 76 valence electrons. The second kappa shape index (κ2) is 4.37. The van der Waals surface area contributed by atoms with Gasteiger partial charge < -0.3 is 10.5 Å². The van der Waals surface area contributed by atoms with Gasteiger partial charge in [0.25, 0.3) is 0 Å². The molecule has 0 fully saturated rings. The minimum Gasteiger partial charge on any atom is -0.459 e. The third kappa shape index (κ3) is 6.28. The smallest absolute Gasteiger partial charge is 0.323 e. The Bertz CT molecular complexity index is 208. The fourth-order valence-corrected chi connectivity index (χ4v) is 0.699. The molecule has 4 heteroatoms. The molecule has 3 nitrogen and oxygen atoms in total. The third-order valence-corrected chi connectivity index (χ3v) is 1.15. The van der Waals surface area contributed by atoms with Gasteiger partial charge in [0.05, 0.1) is 5.83 Å². The summed E-state index contributed by atoms with van der Waals surface area (Å²) in [6, 6.07) is -0.961. The summed E-state index contributed by atoms with van der Waals surface area (Å²) in [6.07, 6.45) is -0.186. The van der Waals surface area contributed by atoms with E-state index in [1.165, 1.54) is 0 Å². The van der Waals surface area contributed by atoms with Crippen molar-refractivity contribution in [1.29, 1.82) is 0 Å². The molecule has 2 N–H and O–H groups in total. The quantitative estimate of drug-likeness (QED) is 0.685. The van der Waals surface area contributed by atoms with Crippen molar-refractivity contribution >= 4 is 5.97 Å². The van der Waals surface area contributed by atoms with Crippen LogP contribution in [-0.4, -0.2) is 17.6 Å². The maximum Gasteiger partial charge on any atom is 0.323 e. The average Bonchev–Trinajstić information content (AvgIpc) is 1.81. The highest BCUT2D eigenvalue weighted by Crippen LogP contribution is 2.10. The molecule has 1 atom stereocenters. The fraction of sp³-hybridized carbons (Fsp3) is 0.667. The minimum absolute atomic E-state index is 0.186. The molecule has 0 saturated carbocycles. The topological polar surface area (TPSA) is 52.3 Å². The van der Waals surface area contributed by atoms with E-state index in [0.29, 0.717) is 0 Å². The molecule has 0 unspecified atom stereocenters. The van der Waals surface area contributed by atoms with Gasteiger partial charge in [0.1, 0.15) is 11.6 Å². The van der Waals surface area contributed by atoms with E-state index in [4.69, 9.17) is 10.5 Å². The van der Waals surface area contributed by atoms with Gasteiger partial charge in [-0.2, -0.15) is 0 Å². The van der Waals surface area contributed by atoms with Crippen molar-refractivity contribution in [3.63, 3.8) is 0 Å². The van der Waals surface area contributed by atoms with Gasteiger partial charge >= 0.3 is 5.97 Å². The highest BCUT2D eigenvalue weighted by atomic mass is 19.1. The van der Waals surface area contributed by atoms with Crippen LogP contribution in [0.4, 0.5) is 4.39 Å². The first-order valence-electron chi connectivity index (χ1n) is 4.04. The van der Waals surface area contributed by atoms with Crippen LogP contribution in [0.1, 0.15) is 27.2 Å². The Morgan fingerprint density at radius 3 is 2.38 bits per heavy atom. The fourth-order valence-electron chi connectivity index (χ4n) is 0.699. The molecule has 0 radical (unpaired) electrons. The summed E-state index contributed by atoms with van der Waals surface area (Å²) in [7, 11) is 0. The maximum absolute atomic E-state index is 12.3. The van der Waals surface area contributed by atoms with Crippen molar-refractivity contribution in [3.05, 3.63) is 12.4 Å². The third-order valence-electron chi connectivity index (χ3n) is 1.15. The van der Waals surface area contributed by atoms with Crippen molar-refractivity contribution in [3.8, 4) is 0 Å². The number of carbonyl (C=O) groups excluding carboxylic acids is 1. The molecule has 0 bridgehead atoms. The molecule has 0 spiro atoms. The normalized spacial score (nSPS) is 13.6. The summed E-state index contributed by atoms with van der Waals surface area (Å²) in [5, 5.41) is 0. The van der Waals surface area contributed by atoms with Gasteiger partial charge in [-0.3, -0.25) is 4.79 Å². The number of nitrogens with two attached hydrogens (primary N) is 1. The van der Waals surface area contributed by atoms with Gasteiger partial charge in [0, 0.05) is 6.42 Å². The lowest BCUT2D eigenvalue weighted by atomic mass is 10.1. The van der Waals surface area contributed by atoms with Crippen LogP contribution in [0.2, 0.25) is 0 Å². The largest absolute Gasteiger partial charge is 0.459 e. The van der Waals surface area contributed by atoms with E-state index >= 15 is 0 Å². The van der Waals surface area contributed by atoms with Crippen molar-refractivity contribution in [2.75, 3.05) is 0 Å². The first kappa shape index (κ1) is 12.1. The van der Waals surface area contributed by atoms with Crippen LogP contribution in [0.25, 0.3) is 0 Å². The summed E-state index contributed by atoms with van der Waals surface area (Å²) in [5.41, 5.74) is 4.76. The number of ether oxygens (including phenoxy) is 1. The molecule has 0 heterocycles. The zero-order chi connectivity index (χ0) is 10.6. The number of halogens is 1. The van der Waals surface area contributed by atoms with E-state index in [1.807, 2.05) is 0 Å². The van der Waals surface area contributed by atoms with Crippen molar-refractivity contribution in [2.45, 2.75) is 38.8 Å². The lowest BCUT2D eigenvalue weighted by Crippen LogP contribution is -2.37. The number of hydrogen-bond acceptors (Lipinski definition) is 3. The molecule has 0 aromatic rings. The van der Waals surface area contributed by atoms with Crippen molar-refractivity contribution in [2.24, 2.45) is 5.73 Å². The Hall–Kier alpha value is -0.900. The molecule has 13 heavy (non-hydrogen) atoms. The first-order valence-corrected chi connectivity index (χ1v) is 4.04. The molecule has 0 aromatic carbocycles. The summed E-state index contributed by atoms with van der Waals surface area (Å²) < 4.78 is 17.2. The second-order valence-electron chi connectivity index (χ2n) is 3.86. The van der Waals surface area contributed by atoms with Crippen LogP contribution in [0.3, 0.4) is 0 Å². The van der Waals surface area contributed by atoms with Crippen LogP contribution >= 0.6 is 0 Å². The Morgan fingerprint density at radius 2 is 2.08 bits per heavy atom. The Balaban J connectivity index is 4.05. The predicted molar refractivity (Wildman–Crippen MR) is 48.7 cm³/mol. The SMILES string of the molecule is C=C(F)C[C@@H](N)C(=O)OC(C)(C)C. The Labute approximate surface area is 77.7 Å². The van der Waals surface area contributed by atoms with Gasteiger partial charge in [-0.05, 0) is 20.8 Å². The predicted octanol–water partition coefficient (Wildman–Crippen LogP) is 1.53. The Kier molecular flexibility index (Phi) is 4.07. The van der Waals surface area contributed by atoms with E-state index in [0.717, 1.165) is 0 Å². The lowest BCUT2D eigenvalue weighted by molar-refractivity contribution is -0.156. The standard InChI is InChI=1S/C9H16FNO2/c1-6(10)5-7(11)8(12)13-9(2,3)4/h7H,1,5,11H2,2-4H3/t7-/m1/s1. The number of rotatable bonds is 3. The van der Waals surface area contributed by atoms with E-state index in [9.17, 15) is 9.18 Å². The molecule has 0 amide bonds. The van der Waals surface area contributed by atoms with Crippen LogP contribution in [0.15, 0.2) is 12.4 Å². The lowest BCUT2D eigenvalue weighted by Gasteiger charge is -2.21. The van der Waals surface area contributed by atoms with E-state index in [2.05, 4.69) is 6.58 Å². The molecule has 0 aliphatic heterocycles. The molecular formula is C9H16FNO2. The van der Waals surface area contributed by atoms with Gasteiger partial charge in [0.15, 0.2) is 0 Å². The number of hydrogen-bond donors (Lipinski definition) is 1. The van der Waals surface area contributed by atoms with Gasteiger partial charge in [-0.15, -0.1) is 0 Å². The van der Waals surface area contributed by atoms with Gasteiger partial charge in [-0.25, -0.2) is 4.39 Å². The summed E-state index contributed by atoms with van der Waals surface area (Å²) in [5.74, 6) is -1.22. The monoisotopic (exact) mass is 189 g/mol. The zero-order valence-electron chi connectivity index (χ0n) is 8.26. The minimum atomic E-state index is -0.961. The van der Waals surface area contributed by atoms with E-state index < -0.39 is 23.4 Å². The molecule has 0 aromatic heterocycles. The average molecular weight is 189 g/mol. The van der Waals surface area contributed by atoms with Gasteiger partial charge in [-0.1, -0.05) is 6.58 Å². The van der Waals surface area contributed by atoms with Crippen LogP contribution in [-0.2, 0) is 9.53 Å². The zero-order valence-corrected chi connectivity index (χ0v) is 8.26. The first-order chi connectivity index (χ1) is 5.72.